The number of nitrogens with zero attached hydrogens (tertiary/aromatic N) is 3. The van der Waals surface area contributed by atoms with Crippen molar-refractivity contribution in [2.75, 3.05) is 10.6 Å². The molecular weight excluding hydrogens is 463 g/mol. The third kappa shape index (κ3) is 4.03. The van der Waals surface area contributed by atoms with Crippen molar-refractivity contribution in [2.45, 2.75) is 19.8 Å². The molecule has 0 atom stereocenters. The van der Waals surface area contributed by atoms with Crippen molar-refractivity contribution in [1.82, 2.24) is 20.2 Å². The monoisotopic (exact) mass is 480 g/mol. The number of hydrogen-bond acceptors (Lipinski definition) is 6. The second-order valence-corrected chi connectivity index (χ2v) is 8.37. The second kappa shape index (κ2) is 8.38. The lowest BCUT2D eigenvalue weighted by Crippen LogP contribution is -2.35. The minimum atomic E-state index is -1.20. The van der Waals surface area contributed by atoms with E-state index in [0.29, 0.717) is 41.0 Å². The van der Waals surface area contributed by atoms with Crippen LogP contribution >= 0.6 is 11.6 Å². The highest BCUT2D eigenvalue weighted by atomic mass is 35.5. The predicted octanol–water partition coefficient (Wildman–Crippen LogP) is 4.60. The maximum Gasteiger partial charge on any atom is 0.240 e. The first kappa shape index (κ1) is 21.8. The highest BCUT2D eigenvalue weighted by Crippen LogP contribution is 2.47. The number of anilines is 2. The van der Waals surface area contributed by atoms with Crippen LogP contribution in [0.25, 0.3) is 11.0 Å². The molecule has 9 nitrogen and oxygen atoms in total. The number of carbonyl (C=O) groups excluding carboxylic acids is 2. The summed E-state index contributed by atoms with van der Waals surface area (Å²) in [6, 6.07) is 8.51. The molecule has 1 aromatic carbocycles. The Bertz CT molecular complexity index is 1420. The summed E-state index contributed by atoms with van der Waals surface area (Å²) in [6.45, 7) is 1.84. The highest BCUT2D eigenvalue weighted by Gasteiger charge is 2.56. The number of aryl methyl sites for hydroxylation is 1. The minimum Gasteiger partial charge on any atom is -0.437 e. The second-order valence-electron chi connectivity index (χ2n) is 7.97. The van der Waals surface area contributed by atoms with Gasteiger partial charge in [0.1, 0.15) is 22.0 Å². The van der Waals surface area contributed by atoms with Gasteiger partial charge >= 0.3 is 0 Å². The highest BCUT2D eigenvalue weighted by molar-refractivity contribution is 6.32. The molecule has 4 aromatic rings. The number of nitrogens with one attached hydrogen (secondary N) is 3. The zero-order chi connectivity index (χ0) is 23.9. The van der Waals surface area contributed by atoms with E-state index in [1.807, 2.05) is 6.92 Å². The van der Waals surface area contributed by atoms with Crippen molar-refractivity contribution < 1.29 is 18.7 Å². The molecule has 11 heteroatoms. The topological polar surface area (TPSA) is 122 Å². The summed E-state index contributed by atoms with van der Waals surface area (Å²) in [5.74, 6) is -0.710. The van der Waals surface area contributed by atoms with Gasteiger partial charge in [0.25, 0.3) is 0 Å². The van der Waals surface area contributed by atoms with Crippen LogP contribution in [0.5, 0.6) is 11.6 Å². The molecular formula is C23H18ClFN6O3. The zero-order valence-corrected chi connectivity index (χ0v) is 18.6. The van der Waals surface area contributed by atoms with Gasteiger partial charge < -0.3 is 15.4 Å². The number of halogens is 2. The largest absolute Gasteiger partial charge is 0.437 e. The first-order valence-electron chi connectivity index (χ1n) is 10.4. The number of hydrogen-bond donors (Lipinski definition) is 3. The Hall–Kier alpha value is -4.05. The Kier molecular flexibility index (Phi) is 5.37. The average molecular weight is 481 g/mol. The van der Waals surface area contributed by atoms with Crippen molar-refractivity contribution in [2.24, 2.45) is 5.41 Å². The SMILES string of the molecule is Cc1[nH]nc2nccc(Oc3ncc(NC(=O)C4(C(=O)Nc5ccc(F)cc5)CC4)cc3Cl)c12. The van der Waals surface area contributed by atoms with Crippen LogP contribution in [0.3, 0.4) is 0 Å². The summed E-state index contributed by atoms with van der Waals surface area (Å²) in [7, 11) is 0. The van der Waals surface area contributed by atoms with Gasteiger partial charge in [-0.1, -0.05) is 11.6 Å². The lowest BCUT2D eigenvalue weighted by Gasteiger charge is -2.16. The van der Waals surface area contributed by atoms with E-state index < -0.39 is 23.0 Å². The van der Waals surface area contributed by atoms with E-state index in [1.54, 1.807) is 12.3 Å². The Morgan fingerprint density at radius 1 is 1.09 bits per heavy atom. The number of H-pyrrole nitrogens is 1. The van der Waals surface area contributed by atoms with Crippen LogP contribution in [0.15, 0.2) is 48.8 Å². The van der Waals surface area contributed by atoms with E-state index in [2.05, 4.69) is 30.8 Å². The van der Waals surface area contributed by atoms with Crippen LogP contribution in [0.4, 0.5) is 15.8 Å². The number of aromatic amines is 1. The molecule has 0 unspecified atom stereocenters. The van der Waals surface area contributed by atoms with Gasteiger partial charge in [0.15, 0.2) is 5.65 Å². The minimum absolute atomic E-state index is 0.142. The number of ether oxygens (including phenoxy) is 1. The lowest BCUT2D eigenvalue weighted by atomic mass is 10.0. The van der Waals surface area contributed by atoms with Crippen LogP contribution in [0.2, 0.25) is 5.02 Å². The van der Waals surface area contributed by atoms with E-state index in [0.717, 1.165) is 5.69 Å². The van der Waals surface area contributed by atoms with Crippen molar-refractivity contribution in [1.29, 1.82) is 0 Å². The van der Waals surface area contributed by atoms with Crippen LogP contribution in [-0.4, -0.2) is 32.0 Å². The average Bonchev–Trinajstić information content (AvgIpc) is 3.55. The van der Waals surface area contributed by atoms with Crippen LogP contribution in [0.1, 0.15) is 18.5 Å². The standard InChI is InChI=1S/C23H18ClFN6O3/c1-12-18-17(6-9-26-19(18)31-30-12)34-20-16(24)10-15(11-27-20)29-22(33)23(7-8-23)21(32)28-14-4-2-13(25)3-5-14/h2-6,9-11H,7-8H2,1H3,(H,28,32)(H,29,33)(H,26,30,31). The van der Waals surface area contributed by atoms with Crippen LogP contribution < -0.4 is 15.4 Å². The van der Waals surface area contributed by atoms with E-state index >= 15 is 0 Å². The van der Waals surface area contributed by atoms with E-state index in [4.69, 9.17) is 16.3 Å². The Balaban J connectivity index is 1.29. The number of aromatic nitrogens is 4. The van der Waals surface area contributed by atoms with E-state index in [1.165, 1.54) is 36.5 Å². The fourth-order valence-corrected chi connectivity index (χ4v) is 3.74. The molecule has 3 heterocycles. The van der Waals surface area contributed by atoms with Gasteiger partial charge in [0.05, 0.1) is 17.3 Å². The van der Waals surface area contributed by atoms with Gasteiger partial charge in [-0.2, -0.15) is 5.10 Å². The van der Waals surface area contributed by atoms with Crippen molar-refractivity contribution >= 4 is 45.8 Å². The number of benzene rings is 1. The first-order valence-corrected chi connectivity index (χ1v) is 10.7. The number of fused-ring (bicyclic) bond motifs is 1. The molecule has 1 aliphatic carbocycles. The molecule has 1 aliphatic rings. The fourth-order valence-electron chi connectivity index (χ4n) is 3.54. The summed E-state index contributed by atoms with van der Waals surface area (Å²) < 4.78 is 19.0. The first-order chi connectivity index (χ1) is 16.4. The van der Waals surface area contributed by atoms with Gasteiger partial charge in [-0.05, 0) is 50.1 Å². The van der Waals surface area contributed by atoms with E-state index in [9.17, 15) is 14.0 Å². The number of rotatable bonds is 6. The predicted molar refractivity (Wildman–Crippen MR) is 123 cm³/mol. The molecule has 0 spiro atoms. The third-order valence-electron chi connectivity index (χ3n) is 5.59. The van der Waals surface area contributed by atoms with Gasteiger partial charge in [-0.25, -0.2) is 14.4 Å². The summed E-state index contributed by atoms with van der Waals surface area (Å²) >= 11 is 6.35. The Morgan fingerprint density at radius 3 is 2.47 bits per heavy atom. The van der Waals surface area contributed by atoms with Crippen molar-refractivity contribution in [3.8, 4) is 11.6 Å². The molecule has 3 N–H and O–H groups in total. The molecule has 5 rings (SSSR count). The summed E-state index contributed by atoms with van der Waals surface area (Å²) in [5, 5.41) is 13.2. The van der Waals surface area contributed by atoms with Gasteiger partial charge in [-0.15, -0.1) is 0 Å². The molecule has 1 saturated carbocycles. The molecule has 0 radical (unpaired) electrons. The molecule has 0 saturated heterocycles. The summed E-state index contributed by atoms with van der Waals surface area (Å²) in [6.07, 6.45) is 3.76. The lowest BCUT2D eigenvalue weighted by molar-refractivity contribution is -0.131. The number of carbonyl (C=O) groups is 2. The molecule has 2 amide bonds. The Labute approximate surface area is 197 Å². The quantitative estimate of drug-likeness (QED) is 0.346. The van der Waals surface area contributed by atoms with Gasteiger partial charge in [0, 0.05) is 23.6 Å². The van der Waals surface area contributed by atoms with Crippen molar-refractivity contribution in [3.63, 3.8) is 0 Å². The van der Waals surface area contributed by atoms with Gasteiger partial charge in [0.2, 0.25) is 17.7 Å². The molecule has 34 heavy (non-hydrogen) atoms. The maximum atomic E-state index is 13.1. The zero-order valence-electron chi connectivity index (χ0n) is 17.9. The molecule has 0 bridgehead atoms. The number of amides is 2. The summed E-state index contributed by atoms with van der Waals surface area (Å²) in [5.41, 5.74) is 0.824. The molecule has 1 fully saturated rings. The molecule has 3 aromatic heterocycles. The normalized spacial score (nSPS) is 14.0. The smallest absolute Gasteiger partial charge is 0.240 e. The maximum absolute atomic E-state index is 13.1. The summed E-state index contributed by atoms with van der Waals surface area (Å²) in [4.78, 5) is 34.0. The Morgan fingerprint density at radius 2 is 1.79 bits per heavy atom. The molecule has 0 aliphatic heterocycles. The van der Waals surface area contributed by atoms with Crippen LogP contribution in [0, 0.1) is 18.2 Å². The number of pyridine rings is 2. The van der Waals surface area contributed by atoms with E-state index in [-0.39, 0.29) is 10.9 Å². The van der Waals surface area contributed by atoms with Crippen molar-refractivity contribution in [3.05, 3.63) is 65.3 Å². The fraction of sp³-hybridized carbons (Fsp3) is 0.174. The van der Waals surface area contributed by atoms with Gasteiger partial charge in [-0.3, -0.25) is 14.7 Å². The van der Waals surface area contributed by atoms with Crippen LogP contribution in [-0.2, 0) is 9.59 Å². The molecule has 172 valence electrons. The third-order valence-corrected chi connectivity index (χ3v) is 5.86.